The van der Waals surface area contributed by atoms with Crippen LogP contribution < -0.4 is 5.32 Å². The molecule has 74 valence electrons. The van der Waals surface area contributed by atoms with E-state index in [0.29, 0.717) is 0 Å². The molecule has 0 radical (unpaired) electrons. The van der Waals surface area contributed by atoms with Crippen molar-refractivity contribution in [3.05, 3.63) is 6.33 Å². The fraction of sp³-hybridized carbons (Fsp3) is 0.714. The van der Waals surface area contributed by atoms with Crippen LogP contribution in [0.1, 0.15) is 0 Å². The number of aromatic nitrogens is 3. The smallest absolute Gasteiger partial charge is 0.190 e. The molecule has 0 atom stereocenters. The van der Waals surface area contributed by atoms with Crippen LogP contribution in [0.2, 0.25) is 0 Å². The number of nitrogens with one attached hydrogen (secondary N) is 1. The number of hydrogen-bond acceptors (Lipinski definition) is 4. The van der Waals surface area contributed by atoms with E-state index in [4.69, 9.17) is 0 Å². The van der Waals surface area contributed by atoms with Gasteiger partial charge in [0.15, 0.2) is 5.16 Å². The summed E-state index contributed by atoms with van der Waals surface area (Å²) in [4.78, 5) is 0. The second kappa shape index (κ2) is 4.83. The van der Waals surface area contributed by atoms with Crippen molar-refractivity contribution in [1.29, 1.82) is 0 Å². The zero-order chi connectivity index (χ0) is 8.39. The molecule has 6 heteroatoms. The van der Waals surface area contributed by atoms with Crippen molar-refractivity contribution in [1.82, 2.24) is 20.1 Å². The first-order chi connectivity index (χ1) is 5.86. The Bertz CT molecular complexity index is 261. The van der Waals surface area contributed by atoms with Gasteiger partial charge < -0.3 is 9.88 Å². The van der Waals surface area contributed by atoms with Crippen molar-refractivity contribution in [3.8, 4) is 0 Å². The van der Waals surface area contributed by atoms with Crippen LogP contribution in [-0.4, -0.2) is 33.6 Å². The van der Waals surface area contributed by atoms with Gasteiger partial charge in [0.25, 0.3) is 0 Å². The molecule has 0 aromatic carbocycles. The summed E-state index contributed by atoms with van der Waals surface area (Å²) in [7, 11) is 1.97. The van der Waals surface area contributed by atoms with Gasteiger partial charge in [0.1, 0.15) is 6.33 Å². The first-order valence-corrected chi connectivity index (χ1v) is 5.02. The molecule has 1 aromatic heterocycles. The molecule has 1 aliphatic rings. The lowest BCUT2D eigenvalue weighted by atomic mass is 10.1. The lowest BCUT2D eigenvalue weighted by Gasteiger charge is -2.26. The van der Waals surface area contributed by atoms with Gasteiger partial charge in [-0.1, -0.05) is 11.8 Å². The van der Waals surface area contributed by atoms with Crippen LogP contribution in [0.5, 0.6) is 0 Å². The first kappa shape index (κ1) is 10.8. The number of rotatable bonds is 3. The molecule has 1 N–H and O–H groups in total. The van der Waals surface area contributed by atoms with Crippen molar-refractivity contribution in [2.75, 3.05) is 18.8 Å². The maximum Gasteiger partial charge on any atom is 0.190 e. The molecule has 0 aliphatic carbocycles. The number of nitrogens with zero attached hydrogens (tertiary/aromatic N) is 3. The third-order valence-electron chi connectivity index (χ3n) is 1.98. The Labute approximate surface area is 87.9 Å². The van der Waals surface area contributed by atoms with E-state index in [1.807, 2.05) is 11.6 Å². The van der Waals surface area contributed by atoms with Crippen LogP contribution in [0.15, 0.2) is 11.5 Å². The van der Waals surface area contributed by atoms with Gasteiger partial charge in [-0.05, 0) is 19.0 Å². The van der Waals surface area contributed by atoms with Crippen LogP contribution in [0, 0.1) is 5.92 Å². The Hall–Kier alpha value is -0.260. The largest absolute Gasteiger partial charge is 0.316 e. The average Bonchev–Trinajstić information content (AvgIpc) is 2.33. The zero-order valence-corrected chi connectivity index (χ0v) is 9.07. The van der Waals surface area contributed by atoms with Gasteiger partial charge in [-0.25, -0.2) is 0 Å². The van der Waals surface area contributed by atoms with Crippen molar-refractivity contribution in [3.63, 3.8) is 0 Å². The lowest BCUT2D eigenvalue weighted by molar-refractivity contribution is 0.385. The van der Waals surface area contributed by atoms with Crippen molar-refractivity contribution < 1.29 is 0 Å². The molecule has 0 unspecified atom stereocenters. The highest BCUT2D eigenvalue weighted by Crippen LogP contribution is 2.18. The van der Waals surface area contributed by atoms with Crippen molar-refractivity contribution in [2.24, 2.45) is 13.0 Å². The minimum absolute atomic E-state index is 0. The van der Waals surface area contributed by atoms with Crippen LogP contribution in [0.25, 0.3) is 0 Å². The molecule has 0 spiro atoms. The Morgan fingerprint density at radius 3 is 2.92 bits per heavy atom. The molecule has 1 aromatic rings. The third-order valence-corrected chi connectivity index (χ3v) is 3.25. The summed E-state index contributed by atoms with van der Waals surface area (Å²) in [6, 6.07) is 0. The van der Waals surface area contributed by atoms with E-state index in [0.717, 1.165) is 29.9 Å². The fourth-order valence-electron chi connectivity index (χ4n) is 1.06. The van der Waals surface area contributed by atoms with Gasteiger partial charge in [-0.2, -0.15) is 0 Å². The van der Waals surface area contributed by atoms with E-state index in [1.54, 1.807) is 18.1 Å². The summed E-state index contributed by atoms with van der Waals surface area (Å²) < 4.78 is 1.96. The molecule has 4 nitrogen and oxygen atoms in total. The highest BCUT2D eigenvalue weighted by atomic mass is 35.5. The van der Waals surface area contributed by atoms with Crippen LogP contribution >= 0.6 is 24.2 Å². The molecule has 13 heavy (non-hydrogen) atoms. The summed E-state index contributed by atoms with van der Waals surface area (Å²) in [6.07, 6.45) is 1.74. The van der Waals surface area contributed by atoms with Crippen molar-refractivity contribution in [2.45, 2.75) is 5.16 Å². The molecule has 0 bridgehead atoms. The average molecular weight is 221 g/mol. The maximum atomic E-state index is 4.00. The number of halogens is 1. The molecule has 2 heterocycles. The molecular weight excluding hydrogens is 208 g/mol. The van der Waals surface area contributed by atoms with Gasteiger partial charge in [0.2, 0.25) is 0 Å². The first-order valence-electron chi connectivity index (χ1n) is 4.04. The van der Waals surface area contributed by atoms with Crippen LogP contribution in [0.4, 0.5) is 0 Å². The summed E-state index contributed by atoms with van der Waals surface area (Å²) in [5.74, 6) is 1.98. The molecular formula is C7H13ClN4S. The van der Waals surface area contributed by atoms with Gasteiger partial charge in [-0.3, -0.25) is 0 Å². The van der Waals surface area contributed by atoms with Gasteiger partial charge in [0, 0.05) is 12.8 Å². The Balaban J connectivity index is 0.000000845. The van der Waals surface area contributed by atoms with Gasteiger partial charge in [0.05, 0.1) is 0 Å². The standard InChI is InChI=1S/C7H12N4S.ClH/c1-11-5-9-10-7(11)12-4-6-2-8-3-6;/h5-6,8H,2-4H2,1H3;1H. The predicted octanol–water partition coefficient (Wildman–Crippen LogP) is 0.548. The van der Waals surface area contributed by atoms with Crippen LogP contribution in [-0.2, 0) is 7.05 Å². The lowest BCUT2D eigenvalue weighted by Crippen LogP contribution is -2.43. The van der Waals surface area contributed by atoms with E-state index in [1.165, 1.54) is 0 Å². The SMILES string of the molecule is Cl.Cn1cnnc1SCC1CNC1. The van der Waals surface area contributed by atoms with Gasteiger partial charge >= 0.3 is 0 Å². The van der Waals surface area contributed by atoms with E-state index in [9.17, 15) is 0 Å². The summed E-state index contributed by atoms with van der Waals surface area (Å²) in [5.41, 5.74) is 0. The highest BCUT2D eigenvalue weighted by molar-refractivity contribution is 7.99. The fourth-order valence-corrected chi connectivity index (χ4v) is 2.04. The number of thioether (sulfide) groups is 1. The normalized spacial score (nSPS) is 16.4. The third kappa shape index (κ3) is 2.59. The van der Waals surface area contributed by atoms with E-state index in [-0.39, 0.29) is 12.4 Å². The highest BCUT2D eigenvalue weighted by Gasteiger charge is 2.17. The molecule has 1 fully saturated rings. The quantitative estimate of drug-likeness (QED) is 0.756. The predicted molar refractivity (Wildman–Crippen MR) is 55.3 cm³/mol. The second-order valence-electron chi connectivity index (χ2n) is 3.06. The van der Waals surface area contributed by atoms with Crippen LogP contribution in [0.3, 0.4) is 0 Å². The molecule has 1 aliphatic heterocycles. The topological polar surface area (TPSA) is 42.7 Å². The minimum atomic E-state index is 0. The molecule has 2 rings (SSSR count). The number of aryl methyl sites for hydroxylation is 1. The monoisotopic (exact) mass is 220 g/mol. The van der Waals surface area contributed by atoms with Crippen molar-refractivity contribution >= 4 is 24.2 Å². The number of hydrogen-bond donors (Lipinski definition) is 1. The zero-order valence-electron chi connectivity index (χ0n) is 7.43. The summed E-state index contributed by atoms with van der Waals surface area (Å²) >= 11 is 1.79. The molecule has 0 saturated carbocycles. The Morgan fingerprint density at radius 1 is 1.69 bits per heavy atom. The molecule has 0 amide bonds. The minimum Gasteiger partial charge on any atom is -0.316 e. The van der Waals surface area contributed by atoms with Gasteiger partial charge in [-0.15, -0.1) is 22.6 Å². The molecule has 1 saturated heterocycles. The van der Waals surface area contributed by atoms with E-state index < -0.39 is 0 Å². The summed E-state index contributed by atoms with van der Waals surface area (Å²) in [6.45, 7) is 2.32. The van der Waals surface area contributed by atoms with E-state index in [2.05, 4.69) is 15.5 Å². The van der Waals surface area contributed by atoms with E-state index >= 15 is 0 Å². The second-order valence-corrected chi connectivity index (χ2v) is 4.05. The Kier molecular flexibility index (Phi) is 4.02. The summed E-state index contributed by atoms with van der Waals surface area (Å²) in [5, 5.41) is 12.1. The Morgan fingerprint density at radius 2 is 2.46 bits per heavy atom. The maximum absolute atomic E-state index is 4.00.